The van der Waals surface area contributed by atoms with Gasteiger partial charge in [0, 0.05) is 12.7 Å². The summed E-state index contributed by atoms with van der Waals surface area (Å²) in [6, 6.07) is 7.01. The van der Waals surface area contributed by atoms with Crippen molar-refractivity contribution in [2.24, 2.45) is 0 Å². The molecular formula is C13H10ClFN2O2S. The van der Waals surface area contributed by atoms with Crippen molar-refractivity contribution in [3.05, 3.63) is 58.6 Å². The fraction of sp³-hybridized carbons (Fsp3) is 0.154. The van der Waals surface area contributed by atoms with Crippen LogP contribution in [0.4, 0.5) is 4.39 Å². The van der Waals surface area contributed by atoms with Crippen LogP contribution in [0, 0.1) is 5.82 Å². The highest BCUT2D eigenvalue weighted by Gasteiger charge is 2.31. The van der Waals surface area contributed by atoms with Gasteiger partial charge in [0.15, 0.2) is 0 Å². The van der Waals surface area contributed by atoms with Gasteiger partial charge in [-0.25, -0.2) is 12.8 Å². The molecule has 1 aromatic carbocycles. The molecule has 1 aliphatic rings. The van der Waals surface area contributed by atoms with Gasteiger partial charge in [-0.15, -0.1) is 0 Å². The number of hydrogen-bond acceptors (Lipinski definition) is 3. The number of benzene rings is 1. The van der Waals surface area contributed by atoms with Gasteiger partial charge < -0.3 is 0 Å². The smallest absolute Gasteiger partial charge is 0.243 e. The van der Waals surface area contributed by atoms with E-state index in [1.54, 1.807) is 12.3 Å². The van der Waals surface area contributed by atoms with Crippen LogP contribution in [0.3, 0.4) is 0 Å². The zero-order valence-electron chi connectivity index (χ0n) is 10.3. The molecule has 3 rings (SSSR count). The minimum Gasteiger partial charge on any atom is -0.260 e. The van der Waals surface area contributed by atoms with Gasteiger partial charge in [0.2, 0.25) is 10.0 Å². The van der Waals surface area contributed by atoms with E-state index in [0.29, 0.717) is 0 Å². The van der Waals surface area contributed by atoms with Crippen molar-refractivity contribution in [3.63, 3.8) is 0 Å². The van der Waals surface area contributed by atoms with Gasteiger partial charge in [-0.2, -0.15) is 4.31 Å². The Balaban J connectivity index is 1.96. The maximum atomic E-state index is 13.1. The second-order valence-electron chi connectivity index (χ2n) is 4.46. The molecule has 0 fully saturated rings. The van der Waals surface area contributed by atoms with E-state index in [0.717, 1.165) is 23.4 Å². The fourth-order valence-corrected chi connectivity index (χ4v) is 3.78. The third-order valence-corrected chi connectivity index (χ3v) is 5.26. The van der Waals surface area contributed by atoms with Gasteiger partial charge in [-0.3, -0.25) is 4.98 Å². The Labute approximate surface area is 120 Å². The zero-order valence-corrected chi connectivity index (χ0v) is 11.8. The van der Waals surface area contributed by atoms with Crippen LogP contribution >= 0.6 is 11.6 Å². The maximum Gasteiger partial charge on any atom is 0.243 e. The first-order valence-corrected chi connectivity index (χ1v) is 7.68. The molecule has 0 atom stereocenters. The topological polar surface area (TPSA) is 50.3 Å². The average Bonchev–Trinajstić information content (AvgIpc) is 2.86. The van der Waals surface area contributed by atoms with Crippen molar-refractivity contribution in [2.75, 3.05) is 0 Å². The Bertz CT molecular complexity index is 755. The minimum atomic E-state index is -3.70. The molecule has 0 radical (unpaired) electrons. The van der Waals surface area contributed by atoms with Gasteiger partial charge in [0.05, 0.1) is 22.2 Å². The quantitative estimate of drug-likeness (QED) is 0.856. The summed E-state index contributed by atoms with van der Waals surface area (Å²) in [6.45, 7) is 0.480. The highest BCUT2D eigenvalue weighted by Crippen LogP contribution is 2.28. The van der Waals surface area contributed by atoms with E-state index in [-0.39, 0.29) is 23.0 Å². The monoisotopic (exact) mass is 312 g/mol. The van der Waals surface area contributed by atoms with Crippen LogP contribution in [0.1, 0.15) is 11.3 Å². The molecule has 0 aliphatic carbocycles. The summed E-state index contributed by atoms with van der Waals surface area (Å²) in [7, 11) is -3.70. The molecule has 0 saturated heterocycles. The van der Waals surface area contributed by atoms with Crippen LogP contribution in [-0.4, -0.2) is 17.7 Å². The van der Waals surface area contributed by atoms with Crippen LogP contribution in [0.15, 0.2) is 41.4 Å². The Morgan fingerprint density at radius 3 is 2.75 bits per heavy atom. The van der Waals surface area contributed by atoms with Crippen molar-refractivity contribution in [2.45, 2.75) is 18.0 Å². The average molecular weight is 313 g/mol. The van der Waals surface area contributed by atoms with Crippen molar-refractivity contribution < 1.29 is 12.8 Å². The van der Waals surface area contributed by atoms with Crippen LogP contribution in [0.5, 0.6) is 0 Å². The highest BCUT2D eigenvalue weighted by atomic mass is 35.5. The standard InChI is InChI=1S/C13H10ClFN2O2S/c14-11-6-10(3-4-12(11)15)20(18,19)17-7-9-2-1-5-16-13(9)8-17/h1-6H,7-8H2. The van der Waals surface area contributed by atoms with Crippen LogP contribution in [0.2, 0.25) is 5.02 Å². The number of sulfonamides is 1. The number of hydrogen-bond donors (Lipinski definition) is 0. The molecule has 20 heavy (non-hydrogen) atoms. The van der Waals surface area contributed by atoms with Crippen molar-refractivity contribution in [3.8, 4) is 0 Å². The van der Waals surface area contributed by atoms with E-state index in [9.17, 15) is 12.8 Å². The van der Waals surface area contributed by atoms with E-state index < -0.39 is 15.8 Å². The third-order valence-electron chi connectivity index (χ3n) is 3.19. The zero-order chi connectivity index (χ0) is 14.3. The number of fused-ring (bicyclic) bond motifs is 1. The normalized spacial score (nSPS) is 15.3. The molecule has 104 valence electrons. The first-order valence-electron chi connectivity index (χ1n) is 5.86. The van der Waals surface area contributed by atoms with E-state index in [1.807, 2.05) is 6.07 Å². The van der Waals surface area contributed by atoms with Crippen LogP contribution in [-0.2, 0) is 23.1 Å². The van der Waals surface area contributed by atoms with Gasteiger partial charge in [0.1, 0.15) is 5.82 Å². The number of halogens is 2. The highest BCUT2D eigenvalue weighted by molar-refractivity contribution is 7.89. The molecule has 1 aliphatic heterocycles. The molecule has 1 aromatic heterocycles. The van der Waals surface area contributed by atoms with Crippen LogP contribution in [0.25, 0.3) is 0 Å². The summed E-state index contributed by atoms with van der Waals surface area (Å²) >= 11 is 5.65. The number of aromatic nitrogens is 1. The Morgan fingerprint density at radius 2 is 2.05 bits per heavy atom. The second-order valence-corrected chi connectivity index (χ2v) is 6.80. The summed E-state index contributed by atoms with van der Waals surface area (Å²) in [5, 5.41) is -0.207. The van der Waals surface area contributed by atoms with E-state index in [1.165, 1.54) is 10.4 Å². The first kappa shape index (κ1) is 13.5. The molecule has 0 amide bonds. The van der Waals surface area contributed by atoms with Gasteiger partial charge >= 0.3 is 0 Å². The lowest BCUT2D eigenvalue weighted by Gasteiger charge is -2.15. The molecule has 0 bridgehead atoms. The molecule has 0 unspecified atom stereocenters. The van der Waals surface area contributed by atoms with Gasteiger partial charge in [0.25, 0.3) is 0 Å². The summed E-state index contributed by atoms with van der Waals surface area (Å²) < 4.78 is 39.4. The number of pyridine rings is 1. The Hall–Kier alpha value is -1.50. The minimum absolute atomic E-state index is 0.0169. The van der Waals surface area contributed by atoms with Crippen molar-refractivity contribution in [1.82, 2.24) is 9.29 Å². The molecule has 2 aromatic rings. The molecule has 0 spiro atoms. The summed E-state index contributed by atoms with van der Waals surface area (Å²) in [5.74, 6) is -0.642. The fourth-order valence-electron chi connectivity index (χ4n) is 2.13. The van der Waals surface area contributed by atoms with Gasteiger partial charge in [-0.1, -0.05) is 17.7 Å². The third kappa shape index (κ3) is 2.19. The lowest BCUT2D eigenvalue weighted by atomic mass is 10.2. The molecule has 2 heterocycles. The SMILES string of the molecule is O=S(=O)(c1ccc(F)c(Cl)c1)N1Cc2cccnc2C1. The molecule has 7 heteroatoms. The molecule has 0 saturated carbocycles. The lowest BCUT2D eigenvalue weighted by Crippen LogP contribution is -2.25. The maximum absolute atomic E-state index is 13.1. The summed E-state index contributed by atoms with van der Waals surface area (Å²) in [4.78, 5) is 4.14. The predicted octanol–water partition coefficient (Wildman–Crippen LogP) is 2.58. The van der Waals surface area contributed by atoms with Crippen molar-refractivity contribution >= 4 is 21.6 Å². The first-order chi connectivity index (χ1) is 9.48. The Morgan fingerprint density at radius 1 is 1.25 bits per heavy atom. The molecule has 4 nitrogen and oxygen atoms in total. The molecular weight excluding hydrogens is 303 g/mol. The predicted molar refractivity (Wildman–Crippen MR) is 72.1 cm³/mol. The summed E-state index contributed by atoms with van der Waals surface area (Å²) in [6.07, 6.45) is 1.63. The van der Waals surface area contributed by atoms with Crippen molar-refractivity contribution in [1.29, 1.82) is 0 Å². The molecule has 0 N–H and O–H groups in total. The summed E-state index contributed by atoms with van der Waals surface area (Å²) in [5.41, 5.74) is 1.62. The van der Waals surface area contributed by atoms with E-state index >= 15 is 0 Å². The van der Waals surface area contributed by atoms with Crippen LogP contribution < -0.4 is 0 Å². The second kappa shape index (κ2) is 4.80. The van der Waals surface area contributed by atoms with E-state index in [2.05, 4.69) is 4.98 Å². The lowest BCUT2D eigenvalue weighted by molar-refractivity contribution is 0.429. The van der Waals surface area contributed by atoms with E-state index in [4.69, 9.17) is 11.6 Å². The largest absolute Gasteiger partial charge is 0.260 e. The number of nitrogens with zero attached hydrogens (tertiary/aromatic N) is 2. The number of rotatable bonds is 2. The van der Waals surface area contributed by atoms with Gasteiger partial charge in [-0.05, 0) is 29.8 Å². The Kier molecular flexibility index (Phi) is 3.24.